The molecule has 0 saturated carbocycles. The quantitative estimate of drug-likeness (QED) is 0.592. The van der Waals surface area contributed by atoms with Gasteiger partial charge in [-0.25, -0.2) is 4.98 Å². The van der Waals surface area contributed by atoms with Gasteiger partial charge in [0.05, 0.1) is 6.33 Å². The van der Waals surface area contributed by atoms with Crippen molar-refractivity contribution in [1.29, 1.82) is 0 Å². The van der Waals surface area contributed by atoms with Crippen LogP contribution in [0.2, 0.25) is 0 Å². The van der Waals surface area contributed by atoms with Crippen molar-refractivity contribution in [3.05, 3.63) is 88.4 Å². The Balaban J connectivity index is 1.56. The first-order valence-corrected chi connectivity index (χ1v) is 9.69. The Morgan fingerprint density at radius 3 is 2.50 bits per heavy atom. The van der Waals surface area contributed by atoms with Crippen LogP contribution in [0.4, 0.5) is 0 Å². The van der Waals surface area contributed by atoms with Crippen molar-refractivity contribution in [2.45, 2.75) is 26.1 Å². The molecule has 6 nitrogen and oxygen atoms in total. The molecule has 28 heavy (non-hydrogen) atoms. The van der Waals surface area contributed by atoms with Crippen LogP contribution in [0.25, 0.3) is 0 Å². The molecule has 2 N–H and O–H groups in total. The van der Waals surface area contributed by atoms with E-state index in [-0.39, 0.29) is 11.8 Å². The minimum Gasteiger partial charge on any atom is -0.350 e. The highest BCUT2D eigenvalue weighted by molar-refractivity contribution is 9.10. The number of nitrogens with one attached hydrogen (secondary N) is 2. The molecule has 2 aromatic carbocycles. The van der Waals surface area contributed by atoms with Crippen molar-refractivity contribution >= 4 is 27.7 Å². The maximum Gasteiger partial charge on any atom is 0.251 e. The van der Waals surface area contributed by atoms with E-state index in [4.69, 9.17) is 0 Å². The van der Waals surface area contributed by atoms with Crippen molar-refractivity contribution in [2.24, 2.45) is 0 Å². The molecule has 0 aliphatic carbocycles. The monoisotopic (exact) mass is 440 g/mol. The topological polar surface area (TPSA) is 76.0 Å². The normalized spacial score (nSPS) is 11.6. The zero-order chi connectivity index (χ0) is 19.9. The number of imidazole rings is 1. The highest BCUT2D eigenvalue weighted by Gasteiger charge is 2.16. The number of benzene rings is 2. The zero-order valence-corrected chi connectivity index (χ0v) is 17.0. The lowest BCUT2D eigenvalue weighted by atomic mass is 10.1. The first-order valence-electron chi connectivity index (χ1n) is 8.89. The summed E-state index contributed by atoms with van der Waals surface area (Å²) < 4.78 is 2.87. The van der Waals surface area contributed by atoms with Gasteiger partial charge < -0.3 is 15.2 Å². The Hall–Kier alpha value is -2.93. The molecule has 2 amide bonds. The number of hydrogen-bond donors (Lipinski definition) is 2. The lowest BCUT2D eigenvalue weighted by molar-refractivity contribution is -0.122. The van der Waals surface area contributed by atoms with Gasteiger partial charge in [-0.05, 0) is 42.3 Å². The van der Waals surface area contributed by atoms with E-state index in [0.717, 1.165) is 15.6 Å². The van der Waals surface area contributed by atoms with Crippen LogP contribution in [0, 0.1) is 0 Å². The molecule has 3 rings (SSSR count). The van der Waals surface area contributed by atoms with E-state index in [0.29, 0.717) is 18.7 Å². The first kappa shape index (κ1) is 19.8. The van der Waals surface area contributed by atoms with Gasteiger partial charge in [0.1, 0.15) is 6.04 Å². The van der Waals surface area contributed by atoms with Gasteiger partial charge in [-0.1, -0.05) is 40.2 Å². The Bertz CT molecular complexity index is 939. The molecule has 0 spiro atoms. The lowest BCUT2D eigenvalue weighted by Crippen LogP contribution is -2.44. The van der Waals surface area contributed by atoms with Crippen LogP contribution in [0.3, 0.4) is 0 Å². The van der Waals surface area contributed by atoms with Crippen molar-refractivity contribution < 1.29 is 9.59 Å². The summed E-state index contributed by atoms with van der Waals surface area (Å²) in [6, 6.07) is 14.3. The highest BCUT2D eigenvalue weighted by Crippen LogP contribution is 2.12. The fraction of sp³-hybridized carbons (Fsp3) is 0.190. The number of carbonyl (C=O) groups excluding carboxylic acids is 2. The Morgan fingerprint density at radius 1 is 1.11 bits per heavy atom. The summed E-state index contributed by atoms with van der Waals surface area (Å²) in [5.74, 6) is -0.515. The summed E-state index contributed by atoms with van der Waals surface area (Å²) in [7, 11) is 0. The van der Waals surface area contributed by atoms with Crippen LogP contribution >= 0.6 is 15.9 Å². The van der Waals surface area contributed by atoms with Crippen LogP contribution < -0.4 is 10.6 Å². The predicted octanol–water partition coefficient (Wildman–Crippen LogP) is 3.13. The highest BCUT2D eigenvalue weighted by atomic mass is 79.9. The third-order valence-corrected chi connectivity index (χ3v) is 4.86. The van der Waals surface area contributed by atoms with E-state index in [1.54, 1.807) is 43.7 Å². The molecule has 0 aliphatic heterocycles. The van der Waals surface area contributed by atoms with Gasteiger partial charge in [-0.2, -0.15) is 0 Å². The van der Waals surface area contributed by atoms with Gasteiger partial charge in [0, 0.05) is 35.5 Å². The molecule has 1 aromatic heterocycles. The van der Waals surface area contributed by atoms with E-state index >= 15 is 0 Å². The van der Waals surface area contributed by atoms with Crippen LogP contribution in [0.1, 0.15) is 28.4 Å². The van der Waals surface area contributed by atoms with Crippen LogP contribution in [0.5, 0.6) is 0 Å². The molecule has 0 bridgehead atoms. The van der Waals surface area contributed by atoms with Crippen molar-refractivity contribution in [2.75, 3.05) is 0 Å². The average molecular weight is 441 g/mol. The number of hydrogen-bond acceptors (Lipinski definition) is 3. The number of nitrogens with zero attached hydrogens (tertiary/aromatic N) is 2. The van der Waals surface area contributed by atoms with Crippen molar-refractivity contribution in [1.82, 2.24) is 20.2 Å². The third kappa shape index (κ3) is 5.29. The minimum absolute atomic E-state index is 0.233. The smallest absolute Gasteiger partial charge is 0.251 e. The largest absolute Gasteiger partial charge is 0.350 e. The van der Waals surface area contributed by atoms with Gasteiger partial charge >= 0.3 is 0 Å². The zero-order valence-electron chi connectivity index (χ0n) is 15.4. The maximum absolute atomic E-state index is 12.4. The summed E-state index contributed by atoms with van der Waals surface area (Å²) in [5, 5.41) is 5.62. The van der Waals surface area contributed by atoms with Crippen molar-refractivity contribution in [3.8, 4) is 0 Å². The molecule has 0 fully saturated rings. The van der Waals surface area contributed by atoms with Gasteiger partial charge in [-0.15, -0.1) is 0 Å². The fourth-order valence-corrected chi connectivity index (χ4v) is 3.01. The van der Waals surface area contributed by atoms with Gasteiger partial charge in [-0.3, -0.25) is 9.59 Å². The molecule has 144 valence electrons. The molecule has 0 saturated heterocycles. The summed E-state index contributed by atoms with van der Waals surface area (Å²) in [6.07, 6.45) is 5.39. The minimum atomic E-state index is -0.642. The van der Waals surface area contributed by atoms with E-state index in [2.05, 4.69) is 31.5 Å². The molecule has 7 heteroatoms. The summed E-state index contributed by atoms with van der Waals surface area (Å²) >= 11 is 3.33. The lowest BCUT2D eigenvalue weighted by Gasteiger charge is -2.16. The number of carbonyl (C=O) groups is 2. The van der Waals surface area contributed by atoms with Gasteiger partial charge in [0.15, 0.2) is 0 Å². The second-order valence-corrected chi connectivity index (χ2v) is 7.34. The Labute approximate surface area is 172 Å². The molecule has 1 heterocycles. The molecule has 1 atom stereocenters. The van der Waals surface area contributed by atoms with E-state index in [9.17, 15) is 9.59 Å². The second-order valence-electron chi connectivity index (χ2n) is 6.42. The van der Waals surface area contributed by atoms with Crippen LogP contribution in [-0.2, 0) is 17.9 Å². The maximum atomic E-state index is 12.4. The van der Waals surface area contributed by atoms with Crippen LogP contribution in [0.15, 0.2) is 71.7 Å². The average Bonchev–Trinajstić information content (AvgIpc) is 3.20. The number of aromatic nitrogens is 2. The standard InChI is InChI=1S/C21H21BrN4O2/c1-15(25-21(28)16-6-8-19(22)9-7-16)20(27)24-12-17-4-2-3-5-18(17)13-26-11-10-23-14-26/h2-11,14-15H,12-13H2,1H3,(H,24,27)(H,25,28). The molecule has 3 aromatic rings. The van der Waals surface area contributed by atoms with Crippen LogP contribution in [-0.4, -0.2) is 27.4 Å². The molecule has 1 unspecified atom stereocenters. The summed E-state index contributed by atoms with van der Waals surface area (Å²) in [4.78, 5) is 28.7. The molecular weight excluding hydrogens is 420 g/mol. The SMILES string of the molecule is CC(NC(=O)c1ccc(Br)cc1)C(=O)NCc1ccccc1Cn1ccnc1. The summed E-state index contributed by atoms with van der Waals surface area (Å²) in [6.45, 7) is 2.74. The fourth-order valence-electron chi connectivity index (χ4n) is 2.74. The van der Waals surface area contributed by atoms with E-state index in [1.165, 1.54) is 0 Å². The van der Waals surface area contributed by atoms with Gasteiger partial charge in [0.2, 0.25) is 5.91 Å². The second kappa shape index (κ2) is 9.32. The molecular formula is C21H21BrN4O2. The summed E-state index contributed by atoms with van der Waals surface area (Å²) in [5.41, 5.74) is 2.64. The number of amides is 2. The van der Waals surface area contributed by atoms with E-state index < -0.39 is 6.04 Å². The first-order chi connectivity index (χ1) is 13.5. The Kier molecular flexibility index (Phi) is 6.60. The van der Waals surface area contributed by atoms with E-state index in [1.807, 2.05) is 35.0 Å². The number of rotatable bonds is 7. The third-order valence-electron chi connectivity index (χ3n) is 4.33. The van der Waals surface area contributed by atoms with Crippen molar-refractivity contribution in [3.63, 3.8) is 0 Å². The Morgan fingerprint density at radius 2 is 1.82 bits per heavy atom. The molecule has 0 radical (unpaired) electrons. The van der Waals surface area contributed by atoms with Gasteiger partial charge in [0.25, 0.3) is 5.91 Å². The predicted molar refractivity (Wildman–Crippen MR) is 111 cm³/mol. The molecule has 0 aliphatic rings. The number of halogens is 1.